The third-order valence-electron chi connectivity index (χ3n) is 3.83. The molecule has 0 atom stereocenters. The largest absolute Gasteiger partial charge is 0.343 e. The lowest BCUT2D eigenvalue weighted by atomic mass is 10.1. The monoisotopic (exact) mass is 362 g/mol. The Bertz CT molecular complexity index is 675. The van der Waals surface area contributed by atoms with Crippen molar-refractivity contribution >= 4 is 33.2 Å². The van der Waals surface area contributed by atoms with Gasteiger partial charge in [-0.1, -0.05) is 11.6 Å². The summed E-state index contributed by atoms with van der Waals surface area (Å²) in [7, 11) is -3.59. The van der Waals surface area contributed by atoms with Crippen molar-refractivity contribution in [3.05, 3.63) is 29.0 Å². The van der Waals surface area contributed by atoms with Gasteiger partial charge in [-0.05, 0) is 37.5 Å². The highest BCUT2D eigenvalue weighted by Gasteiger charge is 2.22. The summed E-state index contributed by atoms with van der Waals surface area (Å²) >= 11 is 5.72. The van der Waals surface area contributed by atoms with Gasteiger partial charge in [0.15, 0.2) is 0 Å². The molecule has 2 rings (SSSR count). The van der Waals surface area contributed by atoms with E-state index in [4.69, 9.17) is 11.6 Å². The molecule has 23 heavy (non-hydrogen) atoms. The van der Waals surface area contributed by atoms with Crippen molar-refractivity contribution in [2.24, 2.45) is 0 Å². The van der Waals surface area contributed by atoms with E-state index in [-0.39, 0.29) is 29.6 Å². The molecule has 1 aromatic rings. The van der Waals surface area contributed by atoms with Crippen molar-refractivity contribution in [1.82, 2.24) is 4.90 Å². The molecule has 1 fully saturated rings. The number of rotatable bonds is 5. The van der Waals surface area contributed by atoms with Crippen molar-refractivity contribution in [2.75, 3.05) is 30.2 Å². The molecule has 1 amide bonds. The molecule has 0 aromatic heterocycles. The van der Waals surface area contributed by atoms with Crippen LogP contribution in [-0.2, 0) is 14.8 Å². The Morgan fingerprint density at radius 3 is 2.52 bits per heavy atom. The molecule has 0 radical (unpaired) electrons. The van der Waals surface area contributed by atoms with Crippen LogP contribution in [0.25, 0.3) is 0 Å². The van der Waals surface area contributed by atoms with Crippen LogP contribution in [0.2, 0.25) is 5.02 Å². The summed E-state index contributed by atoms with van der Waals surface area (Å²) in [5.74, 6) is -0.681. The zero-order valence-corrected chi connectivity index (χ0v) is 14.5. The number of halogens is 2. The van der Waals surface area contributed by atoms with Gasteiger partial charge in [0.25, 0.3) is 0 Å². The van der Waals surface area contributed by atoms with E-state index in [0.29, 0.717) is 0 Å². The smallest absolute Gasteiger partial charge is 0.232 e. The second-order valence-corrected chi connectivity index (χ2v) is 7.94. The molecule has 0 saturated carbocycles. The van der Waals surface area contributed by atoms with Gasteiger partial charge in [0.1, 0.15) is 5.82 Å². The van der Waals surface area contributed by atoms with E-state index < -0.39 is 15.8 Å². The summed E-state index contributed by atoms with van der Waals surface area (Å²) in [6.45, 7) is 1.45. The zero-order valence-electron chi connectivity index (χ0n) is 13.0. The molecule has 0 spiro atoms. The van der Waals surface area contributed by atoms with Crippen LogP contribution in [0, 0.1) is 5.82 Å². The lowest BCUT2D eigenvalue weighted by molar-refractivity contribution is -0.131. The molecular weight excluding hydrogens is 343 g/mol. The van der Waals surface area contributed by atoms with Gasteiger partial charge < -0.3 is 4.90 Å². The highest BCUT2D eigenvalue weighted by atomic mass is 35.5. The standard InChI is InChI=1S/C15H20ClFN2O3S/c1-23(21,22)19(12-5-6-14(17)13(16)11-12)10-7-15(20)18-8-3-2-4-9-18/h5-6,11H,2-4,7-10H2,1H3. The maximum Gasteiger partial charge on any atom is 0.232 e. The van der Waals surface area contributed by atoms with Crippen LogP contribution in [0.5, 0.6) is 0 Å². The minimum atomic E-state index is -3.59. The molecule has 5 nitrogen and oxygen atoms in total. The van der Waals surface area contributed by atoms with E-state index in [9.17, 15) is 17.6 Å². The quantitative estimate of drug-likeness (QED) is 0.809. The first-order chi connectivity index (χ1) is 10.8. The molecule has 1 saturated heterocycles. The Labute approximate surface area is 141 Å². The number of hydrogen-bond acceptors (Lipinski definition) is 3. The maximum atomic E-state index is 13.3. The molecule has 8 heteroatoms. The highest BCUT2D eigenvalue weighted by molar-refractivity contribution is 7.92. The summed E-state index contributed by atoms with van der Waals surface area (Å²) < 4.78 is 38.3. The fraction of sp³-hybridized carbons (Fsp3) is 0.533. The molecule has 0 N–H and O–H groups in total. The predicted octanol–water partition coefficient (Wildman–Crippen LogP) is 2.65. The Balaban J connectivity index is 2.10. The van der Waals surface area contributed by atoms with E-state index in [0.717, 1.165) is 49.0 Å². The lowest BCUT2D eigenvalue weighted by Gasteiger charge is -2.28. The number of carbonyl (C=O) groups is 1. The zero-order chi connectivity index (χ0) is 17.0. The first kappa shape index (κ1) is 18.0. The van der Waals surface area contributed by atoms with Gasteiger partial charge in [-0.15, -0.1) is 0 Å². The lowest BCUT2D eigenvalue weighted by Crippen LogP contribution is -2.39. The third kappa shape index (κ3) is 4.81. The van der Waals surface area contributed by atoms with Crippen LogP contribution >= 0.6 is 11.6 Å². The second kappa shape index (κ2) is 7.49. The minimum absolute atomic E-state index is 0.0100. The fourth-order valence-electron chi connectivity index (χ4n) is 2.63. The normalized spacial score (nSPS) is 15.5. The van der Waals surface area contributed by atoms with Crippen molar-refractivity contribution < 1.29 is 17.6 Å². The van der Waals surface area contributed by atoms with Gasteiger partial charge in [0, 0.05) is 26.1 Å². The highest BCUT2D eigenvalue weighted by Crippen LogP contribution is 2.24. The van der Waals surface area contributed by atoms with E-state index in [1.165, 1.54) is 12.1 Å². The second-order valence-electron chi connectivity index (χ2n) is 5.62. The van der Waals surface area contributed by atoms with Gasteiger partial charge >= 0.3 is 0 Å². The number of anilines is 1. The summed E-state index contributed by atoms with van der Waals surface area (Å²) in [6.07, 6.45) is 4.22. The number of piperidine rings is 1. The SMILES string of the molecule is CS(=O)(=O)N(CCC(=O)N1CCCCC1)c1ccc(F)c(Cl)c1. The topological polar surface area (TPSA) is 57.7 Å². The number of sulfonamides is 1. The van der Waals surface area contributed by atoms with Crippen LogP contribution in [0.1, 0.15) is 25.7 Å². The summed E-state index contributed by atoms with van der Waals surface area (Å²) in [5, 5.41) is -0.154. The number of amides is 1. The summed E-state index contributed by atoms with van der Waals surface area (Å²) in [4.78, 5) is 14.0. The Hall–Kier alpha value is -1.34. The number of benzene rings is 1. The average molecular weight is 363 g/mol. The molecule has 128 valence electrons. The summed E-state index contributed by atoms with van der Waals surface area (Å²) in [5.41, 5.74) is 0.255. The molecule has 1 aliphatic heterocycles. The first-order valence-electron chi connectivity index (χ1n) is 7.49. The van der Waals surface area contributed by atoms with E-state index >= 15 is 0 Å². The third-order valence-corrected chi connectivity index (χ3v) is 5.31. The van der Waals surface area contributed by atoms with Crippen molar-refractivity contribution in [3.63, 3.8) is 0 Å². The summed E-state index contributed by atoms with van der Waals surface area (Å²) in [6, 6.07) is 3.71. The number of nitrogens with zero attached hydrogens (tertiary/aromatic N) is 2. The predicted molar refractivity (Wildman–Crippen MR) is 88.6 cm³/mol. The Morgan fingerprint density at radius 2 is 1.96 bits per heavy atom. The van der Waals surface area contributed by atoms with Crippen molar-refractivity contribution in [1.29, 1.82) is 0 Å². The number of hydrogen-bond donors (Lipinski definition) is 0. The number of likely N-dealkylation sites (tertiary alicyclic amines) is 1. The Morgan fingerprint density at radius 1 is 1.30 bits per heavy atom. The molecule has 1 heterocycles. The molecule has 0 unspecified atom stereocenters. The van der Waals surface area contributed by atoms with Crippen LogP contribution in [0.3, 0.4) is 0 Å². The van der Waals surface area contributed by atoms with E-state index in [1.807, 2.05) is 0 Å². The van der Waals surface area contributed by atoms with Gasteiger partial charge in [-0.3, -0.25) is 9.10 Å². The fourth-order valence-corrected chi connectivity index (χ4v) is 3.72. The van der Waals surface area contributed by atoms with E-state index in [2.05, 4.69) is 0 Å². The molecule has 1 aromatic carbocycles. The van der Waals surface area contributed by atoms with Crippen LogP contribution in [0.4, 0.5) is 10.1 Å². The van der Waals surface area contributed by atoms with Crippen LogP contribution < -0.4 is 4.31 Å². The average Bonchev–Trinajstić information content (AvgIpc) is 2.50. The van der Waals surface area contributed by atoms with E-state index in [1.54, 1.807) is 4.90 Å². The van der Waals surface area contributed by atoms with Gasteiger partial charge in [0.2, 0.25) is 15.9 Å². The number of carbonyl (C=O) groups excluding carboxylic acids is 1. The van der Waals surface area contributed by atoms with Crippen molar-refractivity contribution in [3.8, 4) is 0 Å². The molecular formula is C15H20ClFN2O3S. The minimum Gasteiger partial charge on any atom is -0.343 e. The van der Waals surface area contributed by atoms with Crippen LogP contribution in [0.15, 0.2) is 18.2 Å². The molecule has 1 aliphatic rings. The van der Waals surface area contributed by atoms with Crippen LogP contribution in [-0.4, -0.2) is 45.1 Å². The first-order valence-corrected chi connectivity index (χ1v) is 9.72. The van der Waals surface area contributed by atoms with Crippen molar-refractivity contribution in [2.45, 2.75) is 25.7 Å². The Kier molecular flexibility index (Phi) is 5.86. The van der Waals surface area contributed by atoms with Gasteiger partial charge in [-0.25, -0.2) is 12.8 Å². The van der Waals surface area contributed by atoms with Gasteiger partial charge in [0.05, 0.1) is 17.0 Å². The molecule has 0 aliphatic carbocycles. The molecule has 0 bridgehead atoms. The maximum absolute atomic E-state index is 13.3. The van der Waals surface area contributed by atoms with Gasteiger partial charge in [-0.2, -0.15) is 0 Å².